The van der Waals surface area contributed by atoms with Crippen LogP contribution in [0.3, 0.4) is 0 Å². The van der Waals surface area contributed by atoms with Crippen molar-refractivity contribution in [2.45, 2.75) is 78.0 Å². The van der Waals surface area contributed by atoms with Gasteiger partial charge >= 0.3 is 5.51 Å². The molecule has 0 aromatic heterocycles. The van der Waals surface area contributed by atoms with Crippen molar-refractivity contribution in [3.05, 3.63) is 137 Å². The molecule has 62 heavy (non-hydrogen) atoms. The second kappa shape index (κ2) is 20.7. The first-order valence-corrected chi connectivity index (χ1v) is 24.5. The van der Waals surface area contributed by atoms with Gasteiger partial charge < -0.3 is 16.0 Å². The fraction of sp³-hybridized carbons (Fsp3) is 0.311. The number of carbonyl (C=O) groups excluding carboxylic acids is 1. The Morgan fingerprint density at radius 2 is 1.50 bits per heavy atom. The number of benzene rings is 5. The monoisotopic (exact) mass is 927 g/mol. The van der Waals surface area contributed by atoms with Gasteiger partial charge in [-0.25, -0.2) is 21.6 Å². The molecule has 1 saturated heterocycles. The van der Waals surface area contributed by atoms with Crippen LogP contribution in [-0.4, -0.2) is 76.7 Å². The van der Waals surface area contributed by atoms with E-state index in [1.165, 1.54) is 23.9 Å². The maximum Gasteiger partial charge on any atom is 0.501 e. The summed E-state index contributed by atoms with van der Waals surface area (Å²) < 4.78 is 97.3. The Morgan fingerprint density at radius 3 is 2.18 bits per heavy atom. The molecule has 2 unspecified atom stereocenters. The van der Waals surface area contributed by atoms with E-state index >= 15 is 0 Å². The zero-order chi connectivity index (χ0) is 44.5. The molecule has 5 aromatic rings. The molecule has 0 bridgehead atoms. The highest BCUT2D eigenvalue weighted by molar-refractivity contribution is 7.99. The van der Waals surface area contributed by atoms with Gasteiger partial charge in [0.15, 0.2) is 0 Å². The third-order valence-corrected chi connectivity index (χ3v) is 15.1. The third kappa shape index (κ3) is 12.1. The first-order valence-electron chi connectivity index (χ1n) is 20.1. The van der Waals surface area contributed by atoms with Gasteiger partial charge in [0.05, 0.1) is 10.6 Å². The Hall–Kier alpha value is -4.58. The van der Waals surface area contributed by atoms with E-state index in [-0.39, 0.29) is 5.56 Å². The minimum atomic E-state index is -6.05. The highest BCUT2D eigenvalue weighted by atomic mass is 35.5. The summed E-state index contributed by atoms with van der Waals surface area (Å²) >= 11 is 7.52. The van der Waals surface area contributed by atoms with E-state index < -0.39 is 52.8 Å². The summed E-state index contributed by atoms with van der Waals surface area (Å²) in [5.74, 6) is -0.669. The second-order valence-corrected chi connectivity index (χ2v) is 20.3. The number of hydrogen-bond acceptors (Lipinski definition) is 10. The van der Waals surface area contributed by atoms with Crippen LogP contribution >= 0.6 is 23.4 Å². The molecule has 0 radical (unpaired) electrons. The Balaban J connectivity index is 1.10. The Labute approximate surface area is 371 Å². The van der Waals surface area contributed by atoms with Gasteiger partial charge in [-0.1, -0.05) is 66.2 Å². The fourth-order valence-corrected chi connectivity index (χ4v) is 10.5. The van der Waals surface area contributed by atoms with E-state index in [4.69, 9.17) is 11.6 Å². The molecule has 17 heteroatoms. The highest BCUT2D eigenvalue weighted by Gasteiger charge is 2.48. The SMILES string of the molecule is CC1CCC(C)N1CC[C@H](CSc1ccccc1)Nc1ccc(S(=O)(=O)NC(=O)c2ccc(NCCNCc3ccccc3-c3ccc(Cl)cc3)cc2)cc1S(=O)(=O)C(F)(F)F. The van der Waals surface area contributed by atoms with Gasteiger partial charge in [0, 0.05) is 71.2 Å². The van der Waals surface area contributed by atoms with Crippen molar-refractivity contribution < 1.29 is 34.8 Å². The van der Waals surface area contributed by atoms with E-state index in [9.17, 15) is 34.8 Å². The van der Waals surface area contributed by atoms with Crippen LogP contribution in [0.1, 0.15) is 49.0 Å². The predicted molar refractivity (Wildman–Crippen MR) is 242 cm³/mol. The molecule has 1 aliphatic heterocycles. The van der Waals surface area contributed by atoms with Gasteiger partial charge in [-0.2, -0.15) is 13.2 Å². The molecule has 0 spiro atoms. The largest absolute Gasteiger partial charge is 0.501 e. The Bertz CT molecular complexity index is 2510. The van der Waals surface area contributed by atoms with Crippen LogP contribution in [0.4, 0.5) is 24.5 Å². The number of nitrogens with zero attached hydrogens (tertiary/aromatic N) is 1. The number of thioether (sulfide) groups is 1. The number of nitrogens with one attached hydrogen (secondary N) is 4. The summed E-state index contributed by atoms with van der Waals surface area (Å²) in [5.41, 5.74) is -2.26. The lowest BCUT2D eigenvalue weighted by Crippen LogP contribution is -2.37. The van der Waals surface area contributed by atoms with Crippen LogP contribution in [0.5, 0.6) is 0 Å². The molecule has 1 heterocycles. The minimum Gasteiger partial charge on any atom is -0.384 e. The maximum atomic E-state index is 14.1. The average Bonchev–Trinajstić information content (AvgIpc) is 3.57. The van der Waals surface area contributed by atoms with Crippen molar-refractivity contribution in [2.24, 2.45) is 0 Å². The molecule has 0 saturated carbocycles. The standard InChI is InChI=1S/C45H49ClF3N5O5S3/c1-31-12-13-32(2)54(31)27-24-38(30-60-39-9-4-3-5-10-39)52-42-23-22-40(28-43(42)61(56,57)45(47,48)49)62(58,59)53-44(55)34-16-20-37(21-17-34)51-26-25-50-29-35-8-6-7-11-41(35)33-14-18-36(46)19-15-33/h3-11,14-23,28,31-32,38,50-52H,12-13,24-27,29-30H2,1-2H3,(H,53,55)/t31?,32?,38-/m1/s1. The topological polar surface area (TPSA) is 137 Å². The number of carbonyl (C=O) groups is 1. The summed E-state index contributed by atoms with van der Waals surface area (Å²) in [6.07, 6.45) is 2.51. The zero-order valence-corrected chi connectivity index (χ0v) is 37.4. The predicted octanol–water partition coefficient (Wildman–Crippen LogP) is 9.46. The molecule has 1 amide bonds. The number of rotatable bonds is 19. The quantitative estimate of drug-likeness (QED) is 0.0469. The molecule has 4 N–H and O–H groups in total. The fourth-order valence-electron chi connectivity index (χ4n) is 7.34. The first-order chi connectivity index (χ1) is 29.5. The molecule has 330 valence electrons. The molecular formula is C45H49ClF3N5O5S3. The van der Waals surface area contributed by atoms with E-state index in [1.807, 2.05) is 83.6 Å². The second-order valence-electron chi connectivity index (χ2n) is 15.2. The van der Waals surface area contributed by atoms with Crippen molar-refractivity contribution >= 4 is 60.5 Å². The van der Waals surface area contributed by atoms with Crippen LogP contribution in [0.15, 0.2) is 136 Å². The number of likely N-dealkylation sites (tertiary alicyclic amines) is 1. The number of amides is 1. The highest BCUT2D eigenvalue weighted by Crippen LogP contribution is 2.37. The summed E-state index contributed by atoms with van der Waals surface area (Å²) in [4.78, 5) is 14.3. The van der Waals surface area contributed by atoms with Crippen molar-refractivity contribution in [2.75, 3.05) is 36.0 Å². The van der Waals surface area contributed by atoms with E-state index in [2.05, 4.69) is 34.7 Å². The lowest BCUT2D eigenvalue weighted by molar-refractivity contribution is -0.0435. The van der Waals surface area contributed by atoms with Gasteiger partial charge in [-0.05, 0) is 117 Å². The molecule has 3 atom stereocenters. The lowest BCUT2D eigenvalue weighted by atomic mass is 10.00. The summed E-state index contributed by atoms with van der Waals surface area (Å²) in [5, 5.41) is 10.3. The van der Waals surface area contributed by atoms with Crippen molar-refractivity contribution in [3.8, 4) is 11.1 Å². The Morgan fingerprint density at radius 1 is 0.839 bits per heavy atom. The third-order valence-electron chi connectivity index (χ3n) is 10.8. The van der Waals surface area contributed by atoms with Crippen molar-refractivity contribution in [1.29, 1.82) is 0 Å². The molecular weight excluding hydrogens is 879 g/mol. The summed E-state index contributed by atoms with van der Waals surface area (Å²) in [7, 11) is -10.9. The average molecular weight is 929 g/mol. The molecule has 10 nitrogen and oxygen atoms in total. The molecule has 1 fully saturated rings. The number of anilines is 2. The van der Waals surface area contributed by atoms with Gasteiger partial charge in [-0.3, -0.25) is 9.69 Å². The van der Waals surface area contributed by atoms with Crippen LogP contribution < -0.4 is 20.7 Å². The molecule has 0 aliphatic carbocycles. The molecule has 1 aliphatic rings. The molecule has 6 rings (SSSR count). The maximum absolute atomic E-state index is 14.1. The van der Waals surface area contributed by atoms with Crippen molar-refractivity contribution in [3.63, 3.8) is 0 Å². The number of sulfone groups is 1. The van der Waals surface area contributed by atoms with E-state index in [0.717, 1.165) is 46.6 Å². The number of alkyl halides is 3. The first kappa shape index (κ1) is 46.9. The van der Waals surface area contributed by atoms with E-state index in [1.54, 1.807) is 12.1 Å². The summed E-state index contributed by atoms with van der Waals surface area (Å²) in [6, 6.07) is 33.6. The number of hydrogen-bond donors (Lipinski definition) is 4. The van der Waals surface area contributed by atoms with Gasteiger partial charge in [0.1, 0.15) is 4.90 Å². The zero-order valence-electron chi connectivity index (χ0n) is 34.2. The van der Waals surface area contributed by atoms with Gasteiger partial charge in [0.25, 0.3) is 25.8 Å². The minimum absolute atomic E-state index is 0.0436. The number of halogens is 4. The normalized spacial score (nSPS) is 16.5. The number of sulfonamides is 1. The van der Waals surface area contributed by atoms with Crippen LogP contribution in [0.2, 0.25) is 5.02 Å². The van der Waals surface area contributed by atoms with Gasteiger partial charge in [-0.15, -0.1) is 11.8 Å². The van der Waals surface area contributed by atoms with Crippen LogP contribution in [0, 0.1) is 0 Å². The Kier molecular flexibility index (Phi) is 15.7. The van der Waals surface area contributed by atoms with Crippen molar-refractivity contribution in [1.82, 2.24) is 14.9 Å². The van der Waals surface area contributed by atoms with Gasteiger partial charge in [0.2, 0.25) is 0 Å². The lowest BCUT2D eigenvalue weighted by Gasteiger charge is -2.29. The van der Waals surface area contributed by atoms with E-state index in [0.29, 0.717) is 67.2 Å². The van der Waals surface area contributed by atoms with Crippen LogP contribution in [-0.2, 0) is 26.4 Å². The summed E-state index contributed by atoms with van der Waals surface area (Å²) in [6.45, 7) is 6.60. The molecule has 5 aromatic carbocycles. The smallest absolute Gasteiger partial charge is 0.384 e. The van der Waals surface area contributed by atoms with Crippen LogP contribution in [0.25, 0.3) is 11.1 Å².